The van der Waals surface area contributed by atoms with E-state index in [0.29, 0.717) is 36.2 Å². The summed E-state index contributed by atoms with van der Waals surface area (Å²) >= 11 is 0. The van der Waals surface area contributed by atoms with Gasteiger partial charge in [-0.2, -0.15) is 0 Å². The first-order valence-electron chi connectivity index (χ1n) is 11.7. The Morgan fingerprint density at radius 2 is 1.62 bits per heavy atom. The molecule has 3 aromatic rings. The van der Waals surface area contributed by atoms with Gasteiger partial charge in [0.05, 0.1) is 30.8 Å². The Hall–Kier alpha value is -3.92. The number of methoxy groups -OCH3 is 2. The van der Waals surface area contributed by atoms with E-state index in [-0.39, 0.29) is 10.6 Å². The molecule has 0 saturated carbocycles. The van der Waals surface area contributed by atoms with E-state index in [1.807, 2.05) is 26.0 Å². The minimum Gasteiger partial charge on any atom is -0.493 e. The fourth-order valence-electron chi connectivity index (χ4n) is 3.96. The Labute approximate surface area is 217 Å². The predicted octanol–water partition coefficient (Wildman–Crippen LogP) is 3.86. The maximum absolute atomic E-state index is 13.7. The van der Waals surface area contributed by atoms with E-state index in [4.69, 9.17) is 18.9 Å². The highest BCUT2D eigenvalue weighted by Crippen LogP contribution is 2.35. The molecule has 0 unspecified atom stereocenters. The Kier molecular flexibility index (Phi) is 7.77. The van der Waals surface area contributed by atoms with Crippen molar-refractivity contribution in [3.8, 4) is 23.0 Å². The van der Waals surface area contributed by atoms with Crippen molar-refractivity contribution in [1.29, 1.82) is 0 Å². The van der Waals surface area contributed by atoms with Gasteiger partial charge in [-0.25, -0.2) is 8.42 Å². The molecule has 196 valence electrons. The number of fused-ring (bicyclic) bond motifs is 1. The largest absolute Gasteiger partial charge is 0.493 e. The number of benzene rings is 3. The fourth-order valence-corrected chi connectivity index (χ4v) is 5.38. The lowest BCUT2D eigenvalue weighted by atomic mass is 10.1. The van der Waals surface area contributed by atoms with Crippen LogP contribution in [0.15, 0.2) is 65.6 Å². The van der Waals surface area contributed by atoms with Gasteiger partial charge in [0, 0.05) is 6.07 Å². The summed E-state index contributed by atoms with van der Waals surface area (Å²) in [5.74, 6) is 1.56. The van der Waals surface area contributed by atoms with Gasteiger partial charge in [0.15, 0.2) is 23.0 Å². The van der Waals surface area contributed by atoms with Gasteiger partial charge in [0.1, 0.15) is 19.8 Å². The predicted molar refractivity (Wildman–Crippen MR) is 139 cm³/mol. The van der Waals surface area contributed by atoms with Crippen molar-refractivity contribution >= 4 is 21.6 Å². The van der Waals surface area contributed by atoms with E-state index in [1.165, 1.54) is 32.4 Å². The van der Waals surface area contributed by atoms with Gasteiger partial charge in [-0.05, 0) is 55.8 Å². The van der Waals surface area contributed by atoms with Crippen molar-refractivity contribution in [3.05, 3.63) is 71.8 Å². The molecule has 9 nitrogen and oxygen atoms in total. The maximum atomic E-state index is 13.7. The summed E-state index contributed by atoms with van der Waals surface area (Å²) in [6.07, 6.45) is 0. The monoisotopic (exact) mass is 526 g/mol. The zero-order valence-electron chi connectivity index (χ0n) is 21.2. The lowest BCUT2D eigenvalue weighted by molar-refractivity contribution is -0.120. The van der Waals surface area contributed by atoms with Gasteiger partial charge < -0.3 is 24.3 Å². The number of amides is 1. The van der Waals surface area contributed by atoms with E-state index in [9.17, 15) is 13.2 Å². The molecule has 3 aromatic carbocycles. The molecule has 1 N–H and O–H groups in total. The highest BCUT2D eigenvalue weighted by molar-refractivity contribution is 7.92. The molecule has 1 atom stereocenters. The summed E-state index contributed by atoms with van der Waals surface area (Å²) in [5.41, 5.74) is 1.99. The van der Waals surface area contributed by atoms with E-state index in [2.05, 4.69) is 5.32 Å². The molecule has 10 heteroatoms. The molecular formula is C27H30N2O7S. The lowest BCUT2D eigenvalue weighted by Gasteiger charge is -2.26. The molecule has 0 spiro atoms. The first-order chi connectivity index (χ1) is 17.7. The number of nitrogens with one attached hydrogen (secondary N) is 1. The second-order valence-corrected chi connectivity index (χ2v) is 10.4. The molecule has 0 saturated heterocycles. The number of ether oxygens (including phenoxy) is 4. The molecule has 1 amide bonds. The standard InChI is InChI=1S/C27H30N2O7S/c1-18-5-9-22(10-6-18)37(31,32)29(21-8-12-23(33-3)25(16-21)34-4)17-27(30)28-19(2)20-7-11-24-26(15-20)36-14-13-35-24/h5-12,15-16,19H,13-14,17H2,1-4H3,(H,28,30)/t19-/m0/s1. The number of hydrogen-bond donors (Lipinski definition) is 1. The SMILES string of the molecule is COc1ccc(N(CC(=O)N[C@@H](C)c2ccc3c(c2)OCCO3)S(=O)(=O)c2ccc(C)cc2)cc1OC. The van der Waals surface area contributed by atoms with Gasteiger partial charge in [-0.1, -0.05) is 23.8 Å². The second-order valence-electron chi connectivity index (χ2n) is 8.56. The number of rotatable bonds is 9. The third-order valence-corrected chi connectivity index (χ3v) is 7.78. The number of carbonyl (C=O) groups is 1. The van der Waals surface area contributed by atoms with Crippen LogP contribution in [-0.4, -0.2) is 48.3 Å². The van der Waals surface area contributed by atoms with E-state index in [1.54, 1.807) is 30.3 Å². The Bertz CT molecular complexity index is 1370. The number of sulfonamides is 1. The quantitative estimate of drug-likeness (QED) is 0.452. The summed E-state index contributed by atoms with van der Waals surface area (Å²) in [5, 5.41) is 2.89. The highest BCUT2D eigenvalue weighted by Gasteiger charge is 2.29. The first-order valence-corrected chi connectivity index (χ1v) is 13.2. The molecule has 0 aromatic heterocycles. The van der Waals surface area contributed by atoms with Crippen molar-refractivity contribution in [2.24, 2.45) is 0 Å². The van der Waals surface area contributed by atoms with Crippen LogP contribution < -0.4 is 28.6 Å². The molecule has 0 bridgehead atoms. The number of carbonyl (C=O) groups excluding carboxylic acids is 1. The molecular weight excluding hydrogens is 496 g/mol. The summed E-state index contributed by atoms with van der Waals surface area (Å²) < 4.78 is 50.3. The minimum absolute atomic E-state index is 0.0700. The highest BCUT2D eigenvalue weighted by atomic mass is 32.2. The number of aryl methyl sites for hydroxylation is 1. The third kappa shape index (κ3) is 5.75. The third-order valence-electron chi connectivity index (χ3n) is 6.00. The summed E-state index contributed by atoms with van der Waals surface area (Å²) in [6, 6.07) is 16.2. The number of hydrogen-bond acceptors (Lipinski definition) is 7. The average Bonchev–Trinajstić information content (AvgIpc) is 2.91. The van der Waals surface area contributed by atoms with Gasteiger partial charge >= 0.3 is 0 Å². The fraction of sp³-hybridized carbons (Fsp3) is 0.296. The molecule has 0 fully saturated rings. The van der Waals surface area contributed by atoms with E-state index < -0.39 is 28.5 Å². The maximum Gasteiger partial charge on any atom is 0.264 e. The zero-order valence-corrected chi connectivity index (χ0v) is 22.0. The van der Waals surface area contributed by atoms with E-state index >= 15 is 0 Å². The Morgan fingerprint density at radius 3 is 2.30 bits per heavy atom. The van der Waals surface area contributed by atoms with Crippen LogP contribution in [0.3, 0.4) is 0 Å². The smallest absolute Gasteiger partial charge is 0.264 e. The molecule has 0 aliphatic carbocycles. The van der Waals surface area contributed by atoms with Crippen LogP contribution in [-0.2, 0) is 14.8 Å². The number of nitrogens with zero attached hydrogens (tertiary/aromatic N) is 1. The minimum atomic E-state index is -4.08. The molecule has 0 radical (unpaired) electrons. The van der Waals surface area contributed by atoms with Crippen LogP contribution in [0.2, 0.25) is 0 Å². The zero-order chi connectivity index (χ0) is 26.6. The van der Waals surface area contributed by atoms with Gasteiger partial charge in [-0.15, -0.1) is 0 Å². The van der Waals surface area contributed by atoms with Gasteiger partial charge in [0.2, 0.25) is 5.91 Å². The molecule has 4 rings (SSSR count). The average molecular weight is 527 g/mol. The van der Waals surface area contributed by atoms with Crippen molar-refractivity contribution in [2.45, 2.75) is 24.8 Å². The van der Waals surface area contributed by atoms with Crippen LogP contribution in [0.25, 0.3) is 0 Å². The number of anilines is 1. The topological polar surface area (TPSA) is 103 Å². The van der Waals surface area contributed by atoms with Gasteiger partial charge in [0.25, 0.3) is 10.0 Å². The molecule has 1 aliphatic heterocycles. The molecule has 1 aliphatic rings. The lowest BCUT2D eigenvalue weighted by Crippen LogP contribution is -2.41. The van der Waals surface area contributed by atoms with Crippen molar-refractivity contribution < 1.29 is 32.2 Å². The van der Waals surface area contributed by atoms with Crippen LogP contribution in [0.5, 0.6) is 23.0 Å². The van der Waals surface area contributed by atoms with Crippen LogP contribution in [0.1, 0.15) is 24.1 Å². The summed E-state index contributed by atoms with van der Waals surface area (Å²) in [7, 11) is -1.13. The van der Waals surface area contributed by atoms with Crippen molar-refractivity contribution in [3.63, 3.8) is 0 Å². The van der Waals surface area contributed by atoms with Crippen LogP contribution >= 0.6 is 0 Å². The molecule has 37 heavy (non-hydrogen) atoms. The van der Waals surface area contributed by atoms with Crippen molar-refractivity contribution in [1.82, 2.24) is 5.32 Å². The molecule has 1 heterocycles. The van der Waals surface area contributed by atoms with Crippen LogP contribution in [0, 0.1) is 6.92 Å². The Morgan fingerprint density at radius 1 is 0.946 bits per heavy atom. The normalized spacial score (nSPS) is 13.4. The first kappa shape index (κ1) is 26.2. The summed E-state index contributed by atoms with van der Waals surface area (Å²) in [4.78, 5) is 13.2. The Balaban J connectivity index is 1.62. The summed E-state index contributed by atoms with van der Waals surface area (Å²) in [6.45, 7) is 4.18. The second kappa shape index (κ2) is 11.0. The van der Waals surface area contributed by atoms with Crippen molar-refractivity contribution in [2.75, 3.05) is 38.3 Å². The van der Waals surface area contributed by atoms with Gasteiger partial charge in [-0.3, -0.25) is 9.10 Å². The van der Waals surface area contributed by atoms with E-state index in [0.717, 1.165) is 15.4 Å². The van der Waals surface area contributed by atoms with Crippen LogP contribution in [0.4, 0.5) is 5.69 Å².